The van der Waals surface area contributed by atoms with Gasteiger partial charge in [-0.3, -0.25) is 9.69 Å². The van der Waals surface area contributed by atoms with Crippen molar-refractivity contribution in [1.29, 1.82) is 0 Å². The van der Waals surface area contributed by atoms with Gasteiger partial charge in [-0.25, -0.2) is 4.39 Å². The Bertz CT molecular complexity index is 1230. The number of anilines is 2. The first-order valence-electron chi connectivity index (χ1n) is 13.5. The SMILES string of the molecule is CCOc1ccc(CN2CC3C(C2)C3CN(C(=O)c2cccs2)c2ccc(N3CCOCC3)c(F)c2)cc1. The lowest BCUT2D eigenvalue weighted by Gasteiger charge is -2.30. The Kier molecular flexibility index (Phi) is 7.37. The molecule has 2 aliphatic heterocycles. The van der Waals surface area contributed by atoms with E-state index in [0.29, 0.717) is 73.5 Å². The predicted octanol–water partition coefficient (Wildman–Crippen LogP) is 5.15. The van der Waals surface area contributed by atoms with Gasteiger partial charge in [-0.15, -0.1) is 11.3 Å². The van der Waals surface area contributed by atoms with Crippen LogP contribution in [0, 0.1) is 23.6 Å². The van der Waals surface area contributed by atoms with Gasteiger partial charge in [0.2, 0.25) is 0 Å². The van der Waals surface area contributed by atoms with E-state index in [2.05, 4.69) is 17.0 Å². The number of piperidine rings is 1. The Labute approximate surface area is 227 Å². The highest BCUT2D eigenvalue weighted by molar-refractivity contribution is 7.12. The molecule has 0 bridgehead atoms. The zero-order chi connectivity index (χ0) is 26.1. The van der Waals surface area contributed by atoms with E-state index in [-0.39, 0.29) is 11.7 Å². The Morgan fingerprint density at radius 2 is 1.87 bits per heavy atom. The molecular weight excluding hydrogens is 501 g/mol. The number of likely N-dealkylation sites (tertiary alicyclic amines) is 1. The second-order valence-electron chi connectivity index (χ2n) is 10.4. The maximum atomic E-state index is 15.3. The van der Waals surface area contributed by atoms with Crippen molar-refractivity contribution < 1.29 is 18.7 Å². The van der Waals surface area contributed by atoms with Crippen LogP contribution < -0.4 is 14.5 Å². The predicted molar refractivity (Wildman–Crippen MR) is 149 cm³/mol. The molecular formula is C30H34FN3O3S. The molecule has 8 heteroatoms. The number of thiophene rings is 1. The van der Waals surface area contributed by atoms with Crippen LogP contribution in [0.1, 0.15) is 22.2 Å². The van der Waals surface area contributed by atoms with Crippen LogP contribution in [-0.2, 0) is 11.3 Å². The highest BCUT2D eigenvalue weighted by atomic mass is 32.1. The van der Waals surface area contributed by atoms with Gasteiger partial charge < -0.3 is 19.3 Å². The van der Waals surface area contributed by atoms with E-state index in [4.69, 9.17) is 9.47 Å². The number of hydrogen-bond donors (Lipinski definition) is 0. The topological polar surface area (TPSA) is 45.2 Å². The number of hydrogen-bond acceptors (Lipinski definition) is 6. The molecule has 1 aliphatic carbocycles. The van der Waals surface area contributed by atoms with E-state index in [1.807, 2.05) is 53.6 Å². The third-order valence-corrected chi connectivity index (χ3v) is 8.91. The second kappa shape index (κ2) is 11.0. The van der Waals surface area contributed by atoms with Gasteiger partial charge in [0.25, 0.3) is 5.91 Å². The molecule has 2 saturated heterocycles. The Morgan fingerprint density at radius 1 is 1.11 bits per heavy atom. The van der Waals surface area contributed by atoms with Crippen molar-refractivity contribution in [1.82, 2.24) is 4.90 Å². The van der Waals surface area contributed by atoms with Crippen molar-refractivity contribution in [2.24, 2.45) is 17.8 Å². The first-order valence-corrected chi connectivity index (χ1v) is 14.4. The molecule has 6 nitrogen and oxygen atoms in total. The third kappa shape index (κ3) is 5.30. The monoisotopic (exact) mass is 535 g/mol. The van der Waals surface area contributed by atoms with Crippen molar-refractivity contribution >= 4 is 28.6 Å². The lowest BCUT2D eigenvalue weighted by Crippen LogP contribution is -2.37. The molecule has 2 aromatic carbocycles. The summed E-state index contributed by atoms with van der Waals surface area (Å²) in [7, 11) is 0. The minimum atomic E-state index is -0.286. The number of fused-ring (bicyclic) bond motifs is 1. The van der Waals surface area contributed by atoms with E-state index in [1.54, 1.807) is 4.90 Å². The Hall–Kier alpha value is -2.94. The molecule has 200 valence electrons. The van der Waals surface area contributed by atoms with Gasteiger partial charge in [-0.05, 0) is 72.0 Å². The van der Waals surface area contributed by atoms with E-state index in [9.17, 15) is 4.79 Å². The number of halogens is 1. The van der Waals surface area contributed by atoms with E-state index in [0.717, 1.165) is 25.4 Å². The number of morpholine rings is 1. The van der Waals surface area contributed by atoms with E-state index < -0.39 is 0 Å². The maximum Gasteiger partial charge on any atom is 0.268 e. The normalized spacial score (nSPS) is 22.8. The molecule has 6 rings (SSSR count). The molecule has 1 aromatic heterocycles. The zero-order valence-electron chi connectivity index (χ0n) is 21.7. The molecule has 0 radical (unpaired) electrons. The van der Waals surface area contributed by atoms with Crippen LogP contribution in [0.5, 0.6) is 5.75 Å². The summed E-state index contributed by atoms with van der Waals surface area (Å²) in [4.78, 5) is 20.5. The molecule has 3 aromatic rings. The number of amides is 1. The summed E-state index contributed by atoms with van der Waals surface area (Å²) in [5.41, 5.74) is 2.50. The first-order chi connectivity index (χ1) is 18.6. The number of carbonyl (C=O) groups is 1. The highest BCUT2D eigenvalue weighted by Crippen LogP contribution is 2.52. The van der Waals surface area contributed by atoms with Gasteiger partial charge >= 0.3 is 0 Å². The highest BCUT2D eigenvalue weighted by Gasteiger charge is 2.56. The van der Waals surface area contributed by atoms with Crippen molar-refractivity contribution in [3.63, 3.8) is 0 Å². The maximum absolute atomic E-state index is 15.3. The lowest BCUT2D eigenvalue weighted by molar-refractivity contribution is 0.0988. The molecule has 3 heterocycles. The van der Waals surface area contributed by atoms with Gasteiger partial charge in [0.15, 0.2) is 0 Å². The fourth-order valence-electron chi connectivity index (χ4n) is 6.03. The molecule has 1 saturated carbocycles. The molecule has 2 atom stereocenters. The van der Waals surface area contributed by atoms with Crippen LogP contribution in [0.2, 0.25) is 0 Å². The van der Waals surface area contributed by atoms with Crippen LogP contribution in [-0.4, -0.2) is 63.4 Å². The first kappa shape index (κ1) is 25.3. The quantitative estimate of drug-likeness (QED) is 0.379. The minimum Gasteiger partial charge on any atom is -0.494 e. The van der Waals surface area contributed by atoms with Crippen LogP contribution in [0.25, 0.3) is 0 Å². The van der Waals surface area contributed by atoms with Gasteiger partial charge in [0, 0.05) is 45.0 Å². The standard InChI is InChI=1S/C30H34FN3O3S/c1-2-37-23-8-5-21(6-9-23)17-32-18-24-25(19-32)26(24)20-34(30(35)29-4-3-15-38-29)22-7-10-28(27(31)16-22)33-11-13-36-14-12-33/h3-10,15-16,24-26H,2,11-14,17-20H2,1H3. The number of nitrogens with zero attached hydrogens (tertiary/aromatic N) is 3. The minimum absolute atomic E-state index is 0.0465. The van der Waals surface area contributed by atoms with Crippen LogP contribution in [0.15, 0.2) is 60.0 Å². The summed E-state index contributed by atoms with van der Waals surface area (Å²) in [6.07, 6.45) is 0. The third-order valence-electron chi connectivity index (χ3n) is 8.05. The fourth-order valence-corrected chi connectivity index (χ4v) is 6.70. The summed E-state index contributed by atoms with van der Waals surface area (Å²) < 4.78 is 26.2. The van der Waals surface area contributed by atoms with Crippen LogP contribution >= 0.6 is 11.3 Å². The van der Waals surface area contributed by atoms with Gasteiger partial charge in [0.05, 0.1) is 30.4 Å². The Morgan fingerprint density at radius 3 is 2.53 bits per heavy atom. The molecule has 1 amide bonds. The van der Waals surface area contributed by atoms with E-state index in [1.165, 1.54) is 23.0 Å². The summed E-state index contributed by atoms with van der Waals surface area (Å²) >= 11 is 1.43. The van der Waals surface area contributed by atoms with Crippen LogP contribution in [0.4, 0.5) is 15.8 Å². The molecule has 38 heavy (non-hydrogen) atoms. The smallest absolute Gasteiger partial charge is 0.268 e. The fraction of sp³-hybridized carbons (Fsp3) is 0.433. The van der Waals surface area contributed by atoms with Crippen LogP contribution in [0.3, 0.4) is 0 Å². The van der Waals surface area contributed by atoms with Crippen molar-refractivity contribution in [2.75, 3.05) is 62.3 Å². The molecule has 0 N–H and O–H groups in total. The number of rotatable bonds is 9. The van der Waals surface area contributed by atoms with Gasteiger partial charge in [-0.1, -0.05) is 18.2 Å². The summed E-state index contributed by atoms with van der Waals surface area (Å²) in [6, 6.07) is 17.4. The molecule has 3 aliphatic rings. The average Bonchev–Trinajstić information content (AvgIpc) is 3.30. The van der Waals surface area contributed by atoms with Crippen molar-refractivity contribution in [3.05, 3.63) is 76.2 Å². The molecule has 2 unspecified atom stereocenters. The Balaban J connectivity index is 1.13. The summed E-state index contributed by atoms with van der Waals surface area (Å²) in [5, 5.41) is 1.91. The number of ether oxygens (including phenoxy) is 2. The van der Waals surface area contributed by atoms with E-state index >= 15 is 4.39 Å². The van der Waals surface area contributed by atoms with Crippen molar-refractivity contribution in [3.8, 4) is 5.75 Å². The second-order valence-corrected chi connectivity index (χ2v) is 11.3. The zero-order valence-corrected chi connectivity index (χ0v) is 22.5. The number of benzene rings is 2. The summed E-state index contributed by atoms with van der Waals surface area (Å²) in [6.45, 7) is 8.84. The summed E-state index contributed by atoms with van der Waals surface area (Å²) in [5.74, 6) is 2.17. The average molecular weight is 536 g/mol. The molecule has 3 fully saturated rings. The van der Waals surface area contributed by atoms with Gasteiger partial charge in [-0.2, -0.15) is 0 Å². The van der Waals surface area contributed by atoms with Gasteiger partial charge in [0.1, 0.15) is 11.6 Å². The number of carbonyl (C=O) groups excluding carboxylic acids is 1. The lowest BCUT2D eigenvalue weighted by atomic mass is 10.1. The largest absolute Gasteiger partial charge is 0.494 e. The molecule has 0 spiro atoms. The van der Waals surface area contributed by atoms with Crippen molar-refractivity contribution in [2.45, 2.75) is 13.5 Å².